The third-order valence-electron chi connectivity index (χ3n) is 5.09. The molecule has 3 heterocycles. The SMILES string of the molecule is Cc1oncc1NC(=O)N1CCC(=Cc2cccc(Oc3ncc(Cl)cn3)c2)C(C)C1. The van der Waals surface area contributed by atoms with Crippen molar-refractivity contribution in [3.63, 3.8) is 0 Å². The smallest absolute Gasteiger partial charge is 0.322 e. The Morgan fingerprint density at radius 1 is 1.32 bits per heavy atom. The molecule has 0 radical (unpaired) electrons. The molecular weight excluding hydrogens is 418 g/mol. The Kier molecular flexibility index (Phi) is 6.18. The van der Waals surface area contributed by atoms with Crippen LogP contribution in [0.25, 0.3) is 6.08 Å². The molecule has 1 unspecified atom stereocenters. The van der Waals surface area contributed by atoms with Crippen molar-refractivity contribution in [1.29, 1.82) is 0 Å². The number of aromatic nitrogens is 3. The molecule has 9 heteroatoms. The van der Waals surface area contributed by atoms with E-state index in [1.807, 2.05) is 29.2 Å². The monoisotopic (exact) mass is 439 g/mol. The molecule has 4 rings (SSSR count). The Morgan fingerprint density at radius 3 is 2.84 bits per heavy atom. The number of nitrogens with zero attached hydrogens (tertiary/aromatic N) is 4. The lowest BCUT2D eigenvalue weighted by Crippen LogP contribution is -2.42. The summed E-state index contributed by atoms with van der Waals surface area (Å²) in [4.78, 5) is 22.5. The molecule has 2 aromatic heterocycles. The predicted octanol–water partition coefficient (Wildman–Crippen LogP) is 5.18. The second-order valence-electron chi connectivity index (χ2n) is 7.40. The zero-order valence-electron chi connectivity index (χ0n) is 17.2. The van der Waals surface area contributed by atoms with Crippen molar-refractivity contribution in [2.24, 2.45) is 5.92 Å². The highest BCUT2D eigenvalue weighted by molar-refractivity contribution is 6.30. The molecule has 1 aliphatic heterocycles. The van der Waals surface area contributed by atoms with Crippen LogP contribution < -0.4 is 10.1 Å². The molecule has 1 aromatic carbocycles. The summed E-state index contributed by atoms with van der Waals surface area (Å²) in [6.07, 6.45) is 7.44. The van der Waals surface area contributed by atoms with Gasteiger partial charge in [0.25, 0.3) is 0 Å². The van der Waals surface area contributed by atoms with Crippen LogP contribution >= 0.6 is 11.6 Å². The van der Waals surface area contributed by atoms with E-state index in [0.29, 0.717) is 35.3 Å². The number of urea groups is 1. The average Bonchev–Trinajstić information content (AvgIpc) is 3.16. The summed E-state index contributed by atoms with van der Waals surface area (Å²) in [5.74, 6) is 1.46. The maximum absolute atomic E-state index is 12.6. The predicted molar refractivity (Wildman–Crippen MR) is 117 cm³/mol. The van der Waals surface area contributed by atoms with Gasteiger partial charge in [0, 0.05) is 13.1 Å². The molecule has 3 aromatic rings. The van der Waals surface area contributed by atoms with E-state index in [1.54, 1.807) is 6.92 Å². The zero-order valence-corrected chi connectivity index (χ0v) is 18.0. The number of benzene rings is 1. The van der Waals surface area contributed by atoms with Gasteiger partial charge in [-0.3, -0.25) is 0 Å². The van der Waals surface area contributed by atoms with Crippen LogP contribution in [0.15, 0.2) is 53.0 Å². The zero-order chi connectivity index (χ0) is 21.8. The van der Waals surface area contributed by atoms with E-state index in [2.05, 4.69) is 33.4 Å². The maximum atomic E-state index is 12.6. The molecule has 1 atom stereocenters. The Bertz CT molecular complexity index is 1100. The van der Waals surface area contributed by atoms with E-state index in [9.17, 15) is 4.79 Å². The Balaban J connectivity index is 1.40. The number of amides is 2. The molecule has 31 heavy (non-hydrogen) atoms. The second-order valence-corrected chi connectivity index (χ2v) is 7.84. The normalized spacial score (nSPS) is 17.6. The van der Waals surface area contributed by atoms with Crippen LogP contribution in [0.2, 0.25) is 5.02 Å². The molecule has 0 saturated carbocycles. The standard InChI is InChI=1S/C22H22ClN5O3/c1-14-13-28(22(29)27-20-12-26-31-15(20)2)7-6-17(14)8-16-4-3-5-19(9-16)30-21-24-10-18(23)11-25-21/h3-5,8-12,14H,6-7,13H2,1-2H3,(H,27,29). The van der Waals surface area contributed by atoms with Crippen LogP contribution in [0.5, 0.6) is 11.8 Å². The molecule has 0 bridgehead atoms. The third-order valence-corrected chi connectivity index (χ3v) is 5.29. The van der Waals surface area contributed by atoms with Crippen molar-refractivity contribution in [3.05, 3.63) is 64.8 Å². The van der Waals surface area contributed by atoms with Crippen LogP contribution in [0.4, 0.5) is 10.5 Å². The first-order valence-corrected chi connectivity index (χ1v) is 10.3. The van der Waals surface area contributed by atoms with E-state index in [1.165, 1.54) is 24.2 Å². The first-order chi connectivity index (χ1) is 15.0. The van der Waals surface area contributed by atoms with Crippen molar-refractivity contribution in [3.8, 4) is 11.8 Å². The molecule has 0 aliphatic carbocycles. The van der Waals surface area contributed by atoms with Crippen LogP contribution in [0, 0.1) is 12.8 Å². The van der Waals surface area contributed by atoms with E-state index in [-0.39, 0.29) is 18.0 Å². The van der Waals surface area contributed by atoms with Gasteiger partial charge in [0.1, 0.15) is 11.4 Å². The van der Waals surface area contributed by atoms with Crippen LogP contribution in [-0.4, -0.2) is 39.1 Å². The van der Waals surface area contributed by atoms with Gasteiger partial charge >= 0.3 is 12.0 Å². The number of piperidine rings is 1. The van der Waals surface area contributed by atoms with Gasteiger partial charge in [-0.25, -0.2) is 14.8 Å². The lowest BCUT2D eigenvalue weighted by molar-refractivity contribution is 0.197. The van der Waals surface area contributed by atoms with Gasteiger partial charge in [-0.05, 0) is 37.0 Å². The molecule has 0 spiro atoms. The lowest BCUT2D eigenvalue weighted by atomic mass is 9.91. The first-order valence-electron chi connectivity index (χ1n) is 9.91. The average molecular weight is 440 g/mol. The highest BCUT2D eigenvalue weighted by atomic mass is 35.5. The molecule has 2 amide bonds. The first kappa shape index (κ1) is 20.9. The van der Waals surface area contributed by atoms with E-state index >= 15 is 0 Å². The van der Waals surface area contributed by atoms with Crippen molar-refractivity contribution in [1.82, 2.24) is 20.0 Å². The van der Waals surface area contributed by atoms with E-state index in [4.69, 9.17) is 20.9 Å². The third kappa shape index (κ3) is 5.21. The summed E-state index contributed by atoms with van der Waals surface area (Å²) in [5.41, 5.74) is 2.90. The number of rotatable bonds is 4. The molecular formula is C22H22ClN5O3. The summed E-state index contributed by atoms with van der Waals surface area (Å²) in [6, 6.07) is 7.82. The number of aryl methyl sites for hydroxylation is 1. The quantitative estimate of drug-likeness (QED) is 0.602. The van der Waals surface area contributed by atoms with E-state index < -0.39 is 0 Å². The second kappa shape index (κ2) is 9.18. The summed E-state index contributed by atoms with van der Waals surface area (Å²) in [6.45, 7) is 5.16. The minimum absolute atomic E-state index is 0.143. The minimum atomic E-state index is -0.143. The van der Waals surface area contributed by atoms with Gasteiger partial charge in [0.15, 0.2) is 5.76 Å². The molecule has 8 nitrogen and oxygen atoms in total. The number of likely N-dealkylation sites (tertiary alicyclic amines) is 1. The number of hydrogen-bond acceptors (Lipinski definition) is 6. The molecule has 1 saturated heterocycles. The number of halogens is 1. The van der Waals surface area contributed by atoms with Gasteiger partial charge < -0.3 is 19.5 Å². The molecule has 1 fully saturated rings. The van der Waals surface area contributed by atoms with Crippen molar-refractivity contribution in [2.45, 2.75) is 20.3 Å². The van der Waals surface area contributed by atoms with Crippen molar-refractivity contribution >= 4 is 29.4 Å². The van der Waals surface area contributed by atoms with Gasteiger partial charge in [0.2, 0.25) is 0 Å². The molecule has 1 N–H and O–H groups in total. The Morgan fingerprint density at radius 2 is 2.13 bits per heavy atom. The number of hydrogen-bond donors (Lipinski definition) is 1. The van der Waals surface area contributed by atoms with Gasteiger partial charge in [-0.2, -0.15) is 0 Å². The van der Waals surface area contributed by atoms with Gasteiger partial charge in [-0.1, -0.05) is 47.5 Å². The number of ether oxygens (including phenoxy) is 1. The Labute approximate surface area is 184 Å². The molecule has 160 valence electrons. The van der Waals surface area contributed by atoms with Crippen LogP contribution in [-0.2, 0) is 0 Å². The van der Waals surface area contributed by atoms with Crippen molar-refractivity contribution in [2.75, 3.05) is 18.4 Å². The summed E-state index contributed by atoms with van der Waals surface area (Å²) in [5, 5.41) is 7.00. The topological polar surface area (TPSA) is 93.4 Å². The van der Waals surface area contributed by atoms with Crippen LogP contribution in [0.1, 0.15) is 24.7 Å². The number of nitrogens with one attached hydrogen (secondary N) is 1. The van der Waals surface area contributed by atoms with Crippen molar-refractivity contribution < 1.29 is 14.1 Å². The highest BCUT2D eigenvalue weighted by Gasteiger charge is 2.25. The highest BCUT2D eigenvalue weighted by Crippen LogP contribution is 2.27. The Hall–Kier alpha value is -3.39. The molecule has 1 aliphatic rings. The minimum Gasteiger partial charge on any atom is -0.424 e. The van der Waals surface area contributed by atoms with Gasteiger partial charge in [-0.15, -0.1) is 0 Å². The summed E-state index contributed by atoms with van der Waals surface area (Å²) in [7, 11) is 0. The maximum Gasteiger partial charge on any atom is 0.322 e. The fourth-order valence-electron chi connectivity index (χ4n) is 3.40. The summed E-state index contributed by atoms with van der Waals surface area (Å²) >= 11 is 5.81. The number of carbonyl (C=O) groups excluding carboxylic acids is 1. The summed E-state index contributed by atoms with van der Waals surface area (Å²) < 4.78 is 10.7. The number of anilines is 1. The van der Waals surface area contributed by atoms with Crippen LogP contribution in [0.3, 0.4) is 0 Å². The fraction of sp³-hybridized carbons (Fsp3) is 0.273. The fourth-order valence-corrected chi connectivity index (χ4v) is 3.50. The van der Waals surface area contributed by atoms with E-state index in [0.717, 1.165) is 12.0 Å². The lowest BCUT2D eigenvalue weighted by Gasteiger charge is -2.33. The largest absolute Gasteiger partial charge is 0.424 e. The van der Waals surface area contributed by atoms with Gasteiger partial charge in [0.05, 0.1) is 23.6 Å². The number of carbonyl (C=O) groups is 1.